The first-order valence-corrected chi connectivity index (χ1v) is 6.92. The molecule has 6 nitrogen and oxygen atoms in total. The van der Waals surface area contributed by atoms with Crippen LogP contribution in [0.1, 0.15) is 12.5 Å². The number of carbonyl (C=O) groups is 2. The molecule has 1 unspecified atom stereocenters. The van der Waals surface area contributed by atoms with Gasteiger partial charge in [0.15, 0.2) is 0 Å². The quantitative estimate of drug-likeness (QED) is 0.826. The summed E-state index contributed by atoms with van der Waals surface area (Å²) < 4.78 is 0. The molecule has 0 aliphatic carbocycles. The minimum atomic E-state index is -0.828. The Morgan fingerprint density at radius 3 is 2.62 bits per heavy atom. The standard InChI is InChI=1S/C15H19N3O3/c1-12(15(20)21)17-7-9-18(10-8-17)14(19)5-4-13-3-2-6-16-11-13/h2-6,11-12H,7-10H2,1H3,(H,20,21). The number of carboxylic acid groups (broad SMARTS) is 1. The maximum atomic E-state index is 12.1. The molecule has 1 aromatic rings. The lowest BCUT2D eigenvalue weighted by atomic mass is 10.2. The van der Waals surface area contributed by atoms with Crippen LogP contribution in [0.3, 0.4) is 0 Å². The molecule has 1 N–H and O–H groups in total. The molecular formula is C15H19N3O3. The molecule has 0 saturated carbocycles. The summed E-state index contributed by atoms with van der Waals surface area (Å²) in [4.78, 5) is 30.6. The van der Waals surface area contributed by atoms with E-state index < -0.39 is 12.0 Å². The highest BCUT2D eigenvalue weighted by atomic mass is 16.4. The third-order valence-electron chi connectivity index (χ3n) is 3.63. The molecule has 0 radical (unpaired) electrons. The monoisotopic (exact) mass is 289 g/mol. The van der Waals surface area contributed by atoms with E-state index in [2.05, 4.69) is 4.98 Å². The van der Waals surface area contributed by atoms with Crippen LogP contribution in [-0.2, 0) is 9.59 Å². The van der Waals surface area contributed by atoms with Crippen LogP contribution in [0, 0.1) is 0 Å². The molecule has 21 heavy (non-hydrogen) atoms. The highest BCUT2D eigenvalue weighted by molar-refractivity contribution is 5.91. The fourth-order valence-electron chi connectivity index (χ4n) is 2.23. The summed E-state index contributed by atoms with van der Waals surface area (Å²) in [5.41, 5.74) is 0.879. The van der Waals surface area contributed by atoms with Gasteiger partial charge in [0.25, 0.3) is 0 Å². The molecule has 1 aliphatic rings. The van der Waals surface area contributed by atoms with Crippen molar-refractivity contribution in [3.63, 3.8) is 0 Å². The topological polar surface area (TPSA) is 73.7 Å². The Bertz CT molecular complexity index is 522. The number of carbonyl (C=O) groups excluding carboxylic acids is 1. The number of aliphatic carboxylic acids is 1. The van der Waals surface area contributed by atoms with Crippen molar-refractivity contribution in [2.24, 2.45) is 0 Å². The lowest BCUT2D eigenvalue weighted by Crippen LogP contribution is -2.52. The zero-order chi connectivity index (χ0) is 15.2. The highest BCUT2D eigenvalue weighted by Gasteiger charge is 2.26. The SMILES string of the molecule is CC(C(=O)O)N1CCN(C(=O)C=Cc2cccnc2)CC1. The minimum Gasteiger partial charge on any atom is -0.480 e. The van der Waals surface area contributed by atoms with Gasteiger partial charge in [0.1, 0.15) is 6.04 Å². The van der Waals surface area contributed by atoms with Crippen molar-refractivity contribution in [3.05, 3.63) is 36.2 Å². The molecule has 2 heterocycles. The van der Waals surface area contributed by atoms with Crippen molar-refractivity contribution in [2.45, 2.75) is 13.0 Å². The molecule has 0 aromatic carbocycles. The second-order valence-electron chi connectivity index (χ2n) is 5.00. The summed E-state index contributed by atoms with van der Waals surface area (Å²) in [7, 11) is 0. The summed E-state index contributed by atoms with van der Waals surface area (Å²) >= 11 is 0. The van der Waals surface area contributed by atoms with Crippen LogP contribution in [0.25, 0.3) is 6.08 Å². The summed E-state index contributed by atoms with van der Waals surface area (Å²) in [5, 5.41) is 8.98. The van der Waals surface area contributed by atoms with Crippen molar-refractivity contribution in [3.8, 4) is 0 Å². The van der Waals surface area contributed by atoms with Gasteiger partial charge in [0.05, 0.1) is 0 Å². The number of rotatable bonds is 4. The predicted molar refractivity (Wildman–Crippen MR) is 78.5 cm³/mol. The van der Waals surface area contributed by atoms with Crippen molar-refractivity contribution in [2.75, 3.05) is 26.2 Å². The zero-order valence-corrected chi connectivity index (χ0v) is 12.0. The van der Waals surface area contributed by atoms with Gasteiger partial charge in [0.2, 0.25) is 5.91 Å². The van der Waals surface area contributed by atoms with Gasteiger partial charge in [-0.25, -0.2) is 0 Å². The molecule has 6 heteroatoms. The average Bonchev–Trinajstić information content (AvgIpc) is 2.53. The van der Waals surface area contributed by atoms with E-state index >= 15 is 0 Å². The van der Waals surface area contributed by atoms with Gasteiger partial charge in [-0.3, -0.25) is 19.5 Å². The van der Waals surface area contributed by atoms with E-state index in [1.54, 1.807) is 30.3 Å². The smallest absolute Gasteiger partial charge is 0.320 e. The summed E-state index contributed by atoms with van der Waals surface area (Å²) in [5.74, 6) is -0.882. The first kappa shape index (κ1) is 15.2. The number of carboxylic acids is 1. The summed E-state index contributed by atoms with van der Waals surface area (Å²) in [6.07, 6.45) is 6.65. The number of amides is 1. The van der Waals surface area contributed by atoms with E-state index in [9.17, 15) is 9.59 Å². The first-order valence-electron chi connectivity index (χ1n) is 6.92. The van der Waals surface area contributed by atoms with Crippen molar-refractivity contribution < 1.29 is 14.7 Å². The van der Waals surface area contributed by atoms with Crippen molar-refractivity contribution in [1.29, 1.82) is 0 Å². The van der Waals surface area contributed by atoms with E-state index in [4.69, 9.17) is 5.11 Å². The Balaban J connectivity index is 1.86. The number of aromatic nitrogens is 1. The second kappa shape index (κ2) is 6.99. The van der Waals surface area contributed by atoms with Crippen LogP contribution < -0.4 is 0 Å². The summed E-state index contributed by atoms with van der Waals surface area (Å²) in [6, 6.07) is 3.19. The molecular weight excluding hydrogens is 270 g/mol. The number of pyridine rings is 1. The Hall–Kier alpha value is -2.21. The van der Waals surface area contributed by atoms with E-state index in [-0.39, 0.29) is 5.91 Å². The molecule has 2 rings (SSSR count). The average molecular weight is 289 g/mol. The van der Waals surface area contributed by atoms with Gasteiger partial charge in [-0.2, -0.15) is 0 Å². The largest absolute Gasteiger partial charge is 0.480 e. The van der Waals surface area contributed by atoms with Gasteiger partial charge in [0, 0.05) is 44.6 Å². The molecule has 1 aliphatic heterocycles. The first-order chi connectivity index (χ1) is 10.1. The van der Waals surface area contributed by atoms with Crippen molar-refractivity contribution in [1.82, 2.24) is 14.8 Å². The molecule has 112 valence electrons. The number of hydrogen-bond donors (Lipinski definition) is 1. The van der Waals surface area contributed by atoms with Gasteiger partial charge in [-0.1, -0.05) is 6.07 Å². The second-order valence-corrected chi connectivity index (χ2v) is 5.00. The lowest BCUT2D eigenvalue weighted by molar-refractivity contribution is -0.143. The lowest BCUT2D eigenvalue weighted by Gasteiger charge is -2.36. The predicted octanol–water partition coefficient (Wildman–Crippen LogP) is 0.712. The molecule has 1 fully saturated rings. The molecule has 1 amide bonds. The Kier molecular flexibility index (Phi) is 5.05. The number of piperazine rings is 1. The zero-order valence-electron chi connectivity index (χ0n) is 12.0. The molecule has 0 spiro atoms. The fourth-order valence-corrected chi connectivity index (χ4v) is 2.23. The Morgan fingerprint density at radius 1 is 1.33 bits per heavy atom. The third kappa shape index (κ3) is 4.13. The molecule has 1 aromatic heterocycles. The fraction of sp³-hybridized carbons (Fsp3) is 0.400. The maximum Gasteiger partial charge on any atom is 0.320 e. The third-order valence-corrected chi connectivity index (χ3v) is 3.63. The molecule has 1 atom stereocenters. The summed E-state index contributed by atoms with van der Waals surface area (Å²) in [6.45, 7) is 3.93. The van der Waals surface area contributed by atoms with Crippen LogP contribution in [0.5, 0.6) is 0 Å². The number of hydrogen-bond acceptors (Lipinski definition) is 4. The van der Waals surface area contributed by atoms with Crippen LogP contribution in [0.4, 0.5) is 0 Å². The van der Waals surface area contributed by atoms with Gasteiger partial charge < -0.3 is 10.0 Å². The van der Waals surface area contributed by atoms with Crippen molar-refractivity contribution >= 4 is 18.0 Å². The molecule has 1 saturated heterocycles. The van der Waals surface area contributed by atoms with Crippen LogP contribution in [0.2, 0.25) is 0 Å². The minimum absolute atomic E-state index is 0.0542. The molecule has 0 bridgehead atoms. The van der Waals surface area contributed by atoms with Gasteiger partial charge in [-0.05, 0) is 24.6 Å². The van der Waals surface area contributed by atoms with Gasteiger partial charge in [-0.15, -0.1) is 0 Å². The highest BCUT2D eigenvalue weighted by Crippen LogP contribution is 2.08. The van der Waals surface area contributed by atoms with E-state index in [0.717, 1.165) is 5.56 Å². The Morgan fingerprint density at radius 2 is 2.05 bits per heavy atom. The Labute approximate surface area is 123 Å². The van der Waals surface area contributed by atoms with E-state index in [0.29, 0.717) is 26.2 Å². The number of nitrogens with zero attached hydrogens (tertiary/aromatic N) is 3. The van der Waals surface area contributed by atoms with Gasteiger partial charge >= 0.3 is 5.97 Å². The van der Waals surface area contributed by atoms with E-state index in [1.807, 2.05) is 17.0 Å². The normalized spacial score (nSPS) is 17.9. The van der Waals surface area contributed by atoms with Crippen LogP contribution in [-0.4, -0.2) is 64.0 Å². The maximum absolute atomic E-state index is 12.1. The van der Waals surface area contributed by atoms with Crippen LogP contribution >= 0.6 is 0 Å². The van der Waals surface area contributed by atoms with Crippen LogP contribution in [0.15, 0.2) is 30.6 Å². The van der Waals surface area contributed by atoms with E-state index in [1.165, 1.54) is 6.08 Å².